The Kier molecular flexibility index (Phi) is 3.57. The Labute approximate surface area is 109 Å². The van der Waals surface area contributed by atoms with Crippen molar-refractivity contribution in [3.63, 3.8) is 0 Å². The first kappa shape index (κ1) is 12.8. The van der Waals surface area contributed by atoms with Crippen molar-refractivity contribution in [2.45, 2.75) is 13.3 Å². The van der Waals surface area contributed by atoms with Crippen molar-refractivity contribution in [2.24, 2.45) is 0 Å². The number of rotatable bonds is 3. The highest BCUT2D eigenvalue weighted by Crippen LogP contribution is 2.18. The molecule has 0 aliphatic heterocycles. The largest absolute Gasteiger partial charge is 0.325 e. The van der Waals surface area contributed by atoms with Gasteiger partial charge in [-0.1, -0.05) is 0 Å². The van der Waals surface area contributed by atoms with Crippen LogP contribution in [0, 0.1) is 24.1 Å². The summed E-state index contributed by atoms with van der Waals surface area (Å²) in [6.07, 6.45) is 2.96. The van der Waals surface area contributed by atoms with E-state index in [4.69, 9.17) is 5.26 Å². The average molecular weight is 258 g/mol. The highest BCUT2D eigenvalue weighted by molar-refractivity contribution is 5.92. The number of nitrogens with zero attached hydrogens (tertiary/aromatic N) is 3. The summed E-state index contributed by atoms with van der Waals surface area (Å²) < 4.78 is 15.5. The molecule has 0 atom stereocenters. The third-order valence-corrected chi connectivity index (χ3v) is 2.46. The lowest BCUT2D eigenvalue weighted by atomic mass is 10.2. The van der Waals surface area contributed by atoms with E-state index < -0.39 is 11.7 Å². The number of aryl methyl sites for hydroxylation is 1. The molecule has 2 rings (SSSR count). The smallest absolute Gasteiger partial charge is 0.238 e. The van der Waals surface area contributed by atoms with E-state index in [0.717, 1.165) is 5.69 Å². The van der Waals surface area contributed by atoms with E-state index in [1.165, 1.54) is 12.4 Å². The summed E-state index contributed by atoms with van der Waals surface area (Å²) >= 11 is 0. The molecule has 1 aromatic heterocycles. The number of aromatic nitrogens is 2. The Balaban J connectivity index is 2.23. The van der Waals surface area contributed by atoms with Crippen LogP contribution in [0.1, 0.15) is 12.1 Å². The van der Waals surface area contributed by atoms with Gasteiger partial charge in [0.15, 0.2) is 0 Å². The number of hydrogen-bond acceptors (Lipinski definition) is 3. The molecular weight excluding hydrogens is 247 g/mol. The number of imidazole rings is 1. The molecule has 0 unspecified atom stereocenters. The van der Waals surface area contributed by atoms with E-state index in [9.17, 15) is 9.18 Å². The van der Waals surface area contributed by atoms with Gasteiger partial charge in [0.05, 0.1) is 23.8 Å². The first-order valence-corrected chi connectivity index (χ1v) is 5.57. The third-order valence-electron chi connectivity index (χ3n) is 2.46. The third kappa shape index (κ3) is 2.96. The van der Waals surface area contributed by atoms with E-state index >= 15 is 0 Å². The molecular formula is C13H11FN4O. The van der Waals surface area contributed by atoms with Gasteiger partial charge in [-0.05, 0) is 25.1 Å². The van der Waals surface area contributed by atoms with Gasteiger partial charge in [-0.25, -0.2) is 9.37 Å². The van der Waals surface area contributed by atoms with Crippen LogP contribution in [0.25, 0.3) is 5.69 Å². The fourth-order valence-corrected chi connectivity index (χ4v) is 1.62. The lowest BCUT2D eigenvalue weighted by Crippen LogP contribution is -2.10. The monoisotopic (exact) mass is 258 g/mol. The maximum atomic E-state index is 13.9. The van der Waals surface area contributed by atoms with Crippen LogP contribution < -0.4 is 5.32 Å². The van der Waals surface area contributed by atoms with Crippen molar-refractivity contribution in [3.05, 3.63) is 42.2 Å². The second-order valence-electron chi connectivity index (χ2n) is 3.97. The molecule has 0 saturated heterocycles. The zero-order valence-corrected chi connectivity index (χ0v) is 10.2. The summed E-state index contributed by atoms with van der Waals surface area (Å²) in [5.74, 6) is -0.944. The predicted molar refractivity (Wildman–Crippen MR) is 67.1 cm³/mol. The summed E-state index contributed by atoms with van der Waals surface area (Å²) in [5, 5.41) is 10.8. The Morgan fingerprint density at radius 1 is 1.58 bits per heavy atom. The zero-order chi connectivity index (χ0) is 13.8. The van der Waals surface area contributed by atoms with Gasteiger partial charge in [0, 0.05) is 11.9 Å². The Bertz CT molecular complexity index is 657. The second-order valence-corrected chi connectivity index (χ2v) is 3.97. The van der Waals surface area contributed by atoms with Crippen LogP contribution >= 0.6 is 0 Å². The average Bonchev–Trinajstić information content (AvgIpc) is 2.76. The summed E-state index contributed by atoms with van der Waals surface area (Å²) in [6, 6.07) is 6.04. The summed E-state index contributed by atoms with van der Waals surface area (Å²) in [4.78, 5) is 15.2. The quantitative estimate of drug-likeness (QED) is 0.917. The van der Waals surface area contributed by atoms with Crippen molar-refractivity contribution in [1.82, 2.24) is 9.55 Å². The molecule has 0 radical (unpaired) electrons. The number of nitriles is 1. The molecule has 0 aliphatic carbocycles. The van der Waals surface area contributed by atoms with E-state index in [1.807, 2.05) is 6.92 Å². The summed E-state index contributed by atoms with van der Waals surface area (Å²) in [5.41, 5.74) is 1.45. The maximum absolute atomic E-state index is 13.9. The number of halogens is 1. The number of hydrogen-bond donors (Lipinski definition) is 1. The number of nitrogens with one attached hydrogen (secondary N) is 1. The fourth-order valence-electron chi connectivity index (χ4n) is 1.62. The second kappa shape index (κ2) is 5.31. The minimum absolute atomic E-state index is 0.260. The molecule has 0 fully saturated rings. The van der Waals surface area contributed by atoms with Crippen molar-refractivity contribution in [3.8, 4) is 11.8 Å². The van der Waals surface area contributed by atoms with Crippen LogP contribution in [0.15, 0.2) is 30.7 Å². The lowest BCUT2D eigenvalue weighted by Gasteiger charge is -2.07. The van der Waals surface area contributed by atoms with Crippen LogP contribution in [-0.2, 0) is 4.79 Å². The molecule has 2 aromatic rings. The highest BCUT2D eigenvalue weighted by Gasteiger charge is 2.08. The standard InChI is InChI=1S/C13H11FN4O/c1-9-7-18(8-16-9)12-3-2-10(6-11(12)14)17-13(19)4-5-15/h2-3,6-8H,4H2,1H3,(H,17,19). The predicted octanol–water partition coefficient (Wildman–Crippen LogP) is 2.17. The normalized spacial score (nSPS) is 9.95. The van der Waals surface area contributed by atoms with E-state index in [2.05, 4.69) is 10.3 Å². The van der Waals surface area contributed by atoms with Crippen molar-refractivity contribution in [1.29, 1.82) is 5.26 Å². The molecule has 5 nitrogen and oxygen atoms in total. The summed E-state index contributed by atoms with van der Waals surface area (Å²) in [6.45, 7) is 1.81. The fraction of sp³-hybridized carbons (Fsp3) is 0.154. The number of benzene rings is 1. The van der Waals surface area contributed by atoms with Crippen LogP contribution in [0.2, 0.25) is 0 Å². The highest BCUT2D eigenvalue weighted by atomic mass is 19.1. The summed E-state index contributed by atoms with van der Waals surface area (Å²) in [7, 11) is 0. The first-order valence-electron chi connectivity index (χ1n) is 5.57. The Hall–Kier alpha value is -2.68. The van der Waals surface area contributed by atoms with Gasteiger partial charge < -0.3 is 9.88 Å². The van der Waals surface area contributed by atoms with Gasteiger partial charge in [-0.3, -0.25) is 4.79 Å². The molecule has 1 N–H and O–H groups in total. The molecule has 0 aliphatic rings. The van der Waals surface area contributed by atoms with Gasteiger partial charge in [0.1, 0.15) is 12.2 Å². The van der Waals surface area contributed by atoms with Crippen LogP contribution in [-0.4, -0.2) is 15.5 Å². The zero-order valence-electron chi connectivity index (χ0n) is 10.2. The molecule has 6 heteroatoms. The number of amides is 1. The molecule has 1 aromatic carbocycles. The maximum Gasteiger partial charge on any atom is 0.238 e. The van der Waals surface area contributed by atoms with E-state index in [0.29, 0.717) is 11.4 Å². The lowest BCUT2D eigenvalue weighted by molar-refractivity contribution is -0.115. The van der Waals surface area contributed by atoms with Crippen molar-refractivity contribution < 1.29 is 9.18 Å². The first-order chi connectivity index (χ1) is 9.10. The van der Waals surface area contributed by atoms with Gasteiger partial charge in [-0.15, -0.1) is 0 Å². The van der Waals surface area contributed by atoms with Gasteiger partial charge >= 0.3 is 0 Å². The Morgan fingerprint density at radius 2 is 2.37 bits per heavy atom. The van der Waals surface area contributed by atoms with E-state index in [-0.39, 0.29) is 6.42 Å². The Morgan fingerprint density at radius 3 is 2.95 bits per heavy atom. The van der Waals surface area contributed by atoms with Gasteiger partial charge in [-0.2, -0.15) is 5.26 Å². The van der Waals surface area contributed by atoms with Gasteiger partial charge in [0.2, 0.25) is 5.91 Å². The van der Waals surface area contributed by atoms with Crippen LogP contribution in [0.4, 0.5) is 10.1 Å². The minimum atomic E-state index is -0.479. The minimum Gasteiger partial charge on any atom is -0.325 e. The SMILES string of the molecule is Cc1cn(-c2ccc(NC(=O)CC#N)cc2F)cn1. The number of carbonyl (C=O) groups excluding carboxylic acids is 1. The number of anilines is 1. The topological polar surface area (TPSA) is 70.7 Å². The van der Waals surface area contributed by atoms with Crippen LogP contribution in [0.5, 0.6) is 0 Å². The van der Waals surface area contributed by atoms with Gasteiger partial charge in [0.25, 0.3) is 0 Å². The molecule has 0 saturated carbocycles. The molecule has 96 valence electrons. The molecule has 1 heterocycles. The molecule has 0 bridgehead atoms. The molecule has 1 amide bonds. The number of carbonyl (C=O) groups is 1. The van der Waals surface area contributed by atoms with Crippen LogP contribution in [0.3, 0.4) is 0 Å². The molecule has 19 heavy (non-hydrogen) atoms. The molecule has 0 spiro atoms. The van der Waals surface area contributed by atoms with E-state index in [1.54, 1.807) is 29.0 Å². The van der Waals surface area contributed by atoms with Crippen molar-refractivity contribution >= 4 is 11.6 Å². The van der Waals surface area contributed by atoms with Crippen molar-refractivity contribution in [2.75, 3.05) is 5.32 Å².